The van der Waals surface area contributed by atoms with Crippen molar-refractivity contribution in [2.24, 2.45) is 0 Å². The third kappa shape index (κ3) is 2.76. The first-order valence-corrected chi connectivity index (χ1v) is 9.80. The zero-order valence-corrected chi connectivity index (χ0v) is 15.1. The third-order valence-electron chi connectivity index (χ3n) is 5.82. The number of nitrogens with zero attached hydrogens (tertiary/aromatic N) is 4. The molecule has 0 saturated heterocycles. The van der Waals surface area contributed by atoms with Crippen LogP contribution in [0.25, 0.3) is 16.9 Å². The summed E-state index contributed by atoms with van der Waals surface area (Å²) in [6.07, 6.45) is 13.3. The number of hydrogen-bond donors (Lipinski definition) is 1. The summed E-state index contributed by atoms with van der Waals surface area (Å²) in [5.74, 6) is 0. The molecule has 1 aliphatic heterocycles. The van der Waals surface area contributed by atoms with Crippen molar-refractivity contribution in [3.05, 3.63) is 54.2 Å². The molecule has 1 N–H and O–H groups in total. The fraction of sp³-hybridized carbons (Fsp3) is 0.429. The van der Waals surface area contributed by atoms with E-state index in [1.54, 1.807) is 0 Å². The van der Waals surface area contributed by atoms with E-state index in [9.17, 15) is 0 Å². The lowest BCUT2D eigenvalue weighted by Gasteiger charge is -2.25. The van der Waals surface area contributed by atoms with Crippen LogP contribution in [-0.2, 0) is 13.0 Å². The summed E-state index contributed by atoms with van der Waals surface area (Å²) in [6, 6.07) is 9.28. The monoisotopic (exact) mass is 347 g/mol. The third-order valence-corrected chi connectivity index (χ3v) is 5.82. The van der Waals surface area contributed by atoms with Gasteiger partial charge >= 0.3 is 0 Å². The van der Waals surface area contributed by atoms with Crippen molar-refractivity contribution >= 4 is 0 Å². The minimum atomic E-state index is 0.592. The minimum absolute atomic E-state index is 0.592. The number of imidazole rings is 1. The fourth-order valence-corrected chi connectivity index (χ4v) is 4.44. The molecule has 0 bridgehead atoms. The van der Waals surface area contributed by atoms with Gasteiger partial charge < -0.3 is 9.88 Å². The van der Waals surface area contributed by atoms with Crippen molar-refractivity contribution in [1.29, 1.82) is 0 Å². The van der Waals surface area contributed by atoms with E-state index < -0.39 is 0 Å². The normalized spacial score (nSPS) is 18.0. The molecule has 5 nitrogen and oxygen atoms in total. The number of rotatable bonds is 3. The number of aromatic nitrogens is 4. The van der Waals surface area contributed by atoms with Gasteiger partial charge in [-0.2, -0.15) is 5.10 Å². The van der Waals surface area contributed by atoms with E-state index >= 15 is 0 Å². The van der Waals surface area contributed by atoms with Crippen LogP contribution in [0.2, 0.25) is 0 Å². The van der Waals surface area contributed by atoms with Gasteiger partial charge in [-0.25, -0.2) is 4.98 Å². The summed E-state index contributed by atoms with van der Waals surface area (Å²) in [5.41, 5.74) is 6.37. The van der Waals surface area contributed by atoms with Crippen molar-refractivity contribution in [2.45, 2.75) is 51.1 Å². The van der Waals surface area contributed by atoms with Gasteiger partial charge in [0.1, 0.15) is 0 Å². The van der Waals surface area contributed by atoms with Crippen molar-refractivity contribution in [3.63, 3.8) is 0 Å². The highest BCUT2D eigenvalue weighted by Gasteiger charge is 2.26. The Labute approximate surface area is 154 Å². The molecule has 0 atom stereocenters. The minimum Gasteiger partial charge on any atom is -0.312 e. The van der Waals surface area contributed by atoms with Crippen LogP contribution in [-0.4, -0.2) is 25.9 Å². The highest BCUT2D eigenvalue weighted by atomic mass is 15.3. The van der Waals surface area contributed by atoms with E-state index in [2.05, 4.69) is 39.2 Å². The van der Waals surface area contributed by atoms with Gasteiger partial charge in [0.2, 0.25) is 0 Å². The zero-order chi connectivity index (χ0) is 17.3. The predicted molar refractivity (Wildman–Crippen MR) is 102 cm³/mol. The molecule has 5 heteroatoms. The quantitative estimate of drug-likeness (QED) is 0.782. The lowest BCUT2D eigenvalue weighted by molar-refractivity contribution is 0.320. The Kier molecular flexibility index (Phi) is 4.09. The second-order valence-corrected chi connectivity index (χ2v) is 7.45. The average Bonchev–Trinajstić information content (AvgIpc) is 3.37. The molecule has 1 fully saturated rings. The standard InChI is InChI=1S/C21H25N5/c1-2-4-18(5-3-1)26-20-10-11-22-14-19(20)21(24-26)16-6-8-17(9-7-16)25-13-12-23-15-25/h6-9,12-13,15,18,22H,1-5,10-11,14H2. The molecule has 3 heterocycles. The summed E-state index contributed by atoms with van der Waals surface area (Å²) >= 11 is 0. The van der Waals surface area contributed by atoms with Gasteiger partial charge in [-0.05, 0) is 25.0 Å². The zero-order valence-electron chi connectivity index (χ0n) is 15.1. The Morgan fingerprint density at radius 3 is 2.65 bits per heavy atom. The lowest BCUT2D eigenvalue weighted by atomic mass is 9.95. The highest BCUT2D eigenvalue weighted by molar-refractivity contribution is 5.66. The molecule has 0 spiro atoms. The van der Waals surface area contributed by atoms with Gasteiger partial charge in [-0.15, -0.1) is 0 Å². The van der Waals surface area contributed by atoms with Crippen molar-refractivity contribution in [2.75, 3.05) is 6.54 Å². The first-order chi connectivity index (χ1) is 12.9. The summed E-state index contributed by atoms with van der Waals surface area (Å²) in [6.45, 7) is 1.99. The molecule has 0 radical (unpaired) electrons. The molecule has 0 unspecified atom stereocenters. The molecular weight excluding hydrogens is 322 g/mol. The fourth-order valence-electron chi connectivity index (χ4n) is 4.44. The van der Waals surface area contributed by atoms with Crippen molar-refractivity contribution < 1.29 is 0 Å². The van der Waals surface area contributed by atoms with Gasteiger partial charge in [0.05, 0.1) is 18.1 Å². The van der Waals surface area contributed by atoms with Crippen molar-refractivity contribution in [3.8, 4) is 16.9 Å². The largest absolute Gasteiger partial charge is 0.312 e. The molecule has 1 aromatic carbocycles. The summed E-state index contributed by atoms with van der Waals surface area (Å²) in [7, 11) is 0. The molecule has 1 saturated carbocycles. The van der Waals surface area contributed by atoms with Crippen LogP contribution < -0.4 is 5.32 Å². The summed E-state index contributed by atoms with van der Waals surface area (Å²) < 4.78 is 4.41. The molecular formula is C21H25N5. The Balaban J connectivity index is 1.53. The molecule has 26 heavy (non-hydrogen) atoms. The molecule has 2 aliphatic rings. The Morgan fingerprint density at radius 1 is 1.04 bits per heavy atom. The second-order valence-electron chi connectivity index (χ2n) is 7.45. The lowest BCUT2D eigenvalue weighted by Crippen LogP contribution is -2.26. The van der Waals surface area contributed by atoms with Crippen LogP contribution in [0.5, 0.6) is 0 Å². The maximum atomic E-state index is 5.14. The van der Waals surface area contributed by atoms with Crippen molar-refractivity contribution in [1.82, 2.24) is 24.6 Å². The first-order valence-electron chi connectivity index (χ1n) is 9.80. The Bertz CT molecular complexity index is 870. The van der Waals surface area contributed by atoms with E-state index in [4.69, 9.17) is 5.10 Å². The van der Waals surface area contributed by atoms with E-state index in [1.807, 2.05) is 23.3 Å². The molecule has 3 aromatic rings. The summed E-state index contributed by atoms with van der Waals surface area (Å²) in [5, 5.41) is 8.67. The van der Waals surface area contributed by atoms with Gasteiger partial charge in [0.25, 0.3) is 0 Å². The average molecular weight is 347 g/mol. The Hall–Kier alpha value is -2.40. The van der Waals surface area contributed by atoms with Gasteiger partial charge in [-0.1, -0.05) is 31.4 Å². The SMILES string of the molecule is c1cn(-c2ccc(-c3nn(C4CCCCC4)c4c3CNCC4)cc2)cn1. The van der Waals surface area contributed by atoms with Crippen LogP contribution in [0.3, 0.4) is 0 Å². The number of benzene rings is 1. The Morgan fingerprint density at radius 2 is 1.88 bits per heavy atom. The topological polar surface area (TPSA) is 47.7 Å². The molecule has 1 aliphatic carbocycles. The first kappa shape index (κ1) is 15.8. The number of fused-ring (bicyclic) bond motifs is 1. The van der Waals surface area contributed by atoms with E-state index in [0.717, 1.165) is 30.9 Å². The van der Waals surface area contributed by atoms with Gasteiger partial charge in [0, 0.05) is 54.4 Å². The maximum Gasteiger partial charge on any atom is 0.0991 e. The van der Waals surface area contributed by atoms with E-state index in [1.165, 1.54) is 48.9 Å². The molecule has 2 aromatic heterocycles. The van der Waals surface area contributed by atoms with Crippen LogP contribution in [0.1, 0.15) is 49.4 Å². The van der Waals surface area contributed by atoms with E-state index in [0.29, 0.717) is 6.04 Å². The van der Waals surface area contributed by atoms with Crippen LogP contribution in [0, 0.1) is 0 Å². The molecule has 5 rings (SSSR count). The van der Waals surface area contributed by atoms with Gasteiger partial charge in [-0.3, -0.25) is 4.68 Å². The van der Waals surface area contributed by atoms with Crippen LogP contribution in [0.4, 0.5) is 0 Å². The van der Waals surface area contributed by atoms with Gasteiger partial charge in [0.15, 0.2) is 0 Å². The number of nitrogens with one attached hydrogen (secondary N) is 1. The van der Waals surface area contributed by atoms with Crippen LogP contribution in [0.15, 0.2) is 43.0 Å². The number of hydrogen-bond acceptors (Lipinski definition) is 3. The summed E-state index contributed by atoms with van der Waals surface area (Å²) in [4.78, 5) is 4.13. The van der Waals surface area contributed by atoms with E-state index in [-0.39, 0.29) is 0 Å². The molecule has 0 amide bonds. The predicted octanol–water partition coefficient (Wildman–Crippen LogP) is 3.89. The maximum absolute atomic E-state index is 5.14. The second kappa shape index (κ2) is 6.72. The highest BCUT2D eigenvalue weighted by Crippen LogP contribution is 2.34. The van der Waals surface area contributed by atoms with Crippen LogP contribution >= 0.6 is 0 Å². The molecule has 134 valence electrons. The smallest absolute Gasteiger partial charge is 0.0991 e.